The van der Waals surface area contributed by atoms with Crippen LogP contribution in [0.25, 0.3) is 0 Å². The number of carbonyl (C=O) groups excluding carboxylic acids is 1. The number of ether oxygens (including phenoxy) is 2. The van der Waals surface area contributed by atoms with Gasteiger partial charge in [0.15, 0.2) is 6.10 Å². The molecule has 1 aliphatic heterocycles. The van der Waals surface area contributed by atoms with Gasteiger partial charge in [0.05, 0.1) is 18.6 Å². The molecule has 148 valence electrons. The minimum absolute atomic E-state index is 0.331. The van der Waals surface area contributed by atoms with Gasteiger partial charge in [0.2, 0.25) is 0 Å². The first-order valence-corrected chi connectivity index (χ1v) is 9.36. The summed E-state index contributed by atoms with van der Waals surface area (Å²) in [7, 11) is 1.57. The molecule has 2 atom stereocenters. The molecule has 2 heterocycles. The molecule has 2 unspecified atom stereocenters. The standard InChI is InChI=1S/C22H18ClNO5/c1-12-11-17-19(22(26)28-12)18(13-3-9-16(27-2)10-4-13)20(29-17)21(25)24-15-7-5-14(23)6-8-15/h3-11,18,20H,1-2H3,(H,24,25). The molecule has 1 amide bonds. The molecular weight excluding hydrogens is 394 g/mol. The molecule has 0 saturated carbocycles. The number of carbonyl (C=O) groups is 1. The highest BCUT2D eigenvalue weighted by Gasteiger charge is 2.43. The molecule has 0 bridgehead atoms. The lowest BCUT2D eigenvalue weighted by Gasteiger charge is -2.19. The van der Waals surface area contributed by atoms with Gasteiger partial charge >= 0.3 is 5.63 Å². The number of hydrogen-bond donors (Lipinski definition) is 1. The monoisotopic (exact) mass is 411 g/mol. The number of methoxy groups -OCH3 is 1. The van der Waals surface area contributed by atoms with Crippen molar-refractivity contribution < 1.29 is 18.7 Å². The van der Waals surface area contributed by atoms with Crippen molar-refractivity contribution in [1.29, 1.82) is 0 Å². The fourth-order valence-corrected chi connectivity index (χ4v) is 3.56. The van der Waals surface area contributed by atoms with Crippen LogP contribution in [0.2, 0.25) is 5.02 Å². The Morgan fingerprint density at radius 3 is 2.45 bits per heavy atom. The van der Waals surface area contributed by atoms with Crippen molar-refractivity contribution >= 4 is 23.2 Å². The zero-order valence-electron chi connectivity index (χ0n) is 15.8. The number of halogens is 1. The number of rotatable bonds is 4. The highest BCUT2D eigenvalue weighted by molar-refractivity contribution is 6.30. The first-order valence-electron chi connectivity index (χ1n) is 8.98. The second kappa shape index (κ2) is 7.64. The van der Waals surface area contributed by atoms with Crippen LogP contribution in [0.3, 0.4) is 0 Å². The quantitative estimate of drug-likeness (QED) is 0.698. The van der Waals surface area contributed by atoms with Crippen LogP contribution in [0.1, 0.15) is 22.8 Å². The third-order valence-corrected chi connectivity index (χ3v) is 5.04. The van der Waals surface area contributed by atoms with Crippen molar-refractivity contribution in [2.45, 2.75) is 18.9 Å². The van der Waals surface area contributed by atoms with Gasteiger partial charge in [-0.05, 0) is 48.9 Å². The molecule has 0 fully saturated rings. The Hall–Kier alpha value is -3.25. The largest absolute Gasteiger partial charge is 0.497 e. The maximum atomic E-state index is 13.0. The zero-order chi connectivity index (χ0) is 20.5. The Kier molecular flexibility index (Phi) is 5.03. The SMILES string of the molecule is COc1ccc(C2c3c(cc(C)oc3=O)OC2C(=O)Nc2ccc(Cl)cc2)cc1. The van der Waals surface area contributed by atoms with Gasteiger partial charge in [-0.2, -0.15) is 0 Å². The van der Waals surface area contributed by atoms with Crippen LogP contribution in [0.5, 0.6) is 11.5 Å². The third kappa shape index (κ3) is 3.71. The fourth-order valence-electron chi connectivity index (χ4n) is 3.43. The second-order valence-electron chi connectivity index (χ2n) is 6.71. The van der Waals surface area contributed by atoms with Crippen LogP contribution in [0.15, 0.2) is 63.8 Å². The third-order valence-electron chi connectivity index (χ3n) is 4.79. The number of benzene rings is 2. The van der Waals surface area contributed by atoms with Crippen molar-refractivity contribution in [2.75, 3.05) is 12.4 Å². The first-order chi connectivity index (χ1) is 14.0. The van der Waals surface area contributed by atoms with E-state index in [1.54, 1.807) is 56.5 Å². The summed E-state index contributed by atoms with van der Waals surface area (Å²) in [6.45, 7) is 1.66. The lowest BCUT2D eigenvalue weighted by atomic mass is 9.88. The van der Waals surface area contributed by atoms with Gasteiger partial charge < -0.3 is 19.2 Å². The molecule has 0 saturated heterocycles. The van der Waals surface area contributed by atoms with Crippen LogP contribution < -0.4 is 20.4 Å². The summed E-state index contributed by atoms with van der Waals surface area (Å²) in [6.07, 6.45) is -0.932. The summed E-state index contributed by atoms with van der Waals surface area (Å²) >= 11 is 5.90. The van der Waals surface area contributed by atoms with E-state index in [-0.39, 0.29) is 5.91 Å². The van der Waals surface area contributed by atoms with Gasteiger partial charge in [0.25, 0.3) is 5.91 Å². The molecule has 1 N–H and O–H groups in total. The van der Waals surface area contributed by atoms with E-state index in [9.17, 15) is 9.59 Å². The number of amides is 1. The minimum atomic E-state index is -0.932. The van der Waals surface area contributed by atoms with Gasteiger partial charge in [0.1, 0.15) is 17.3 Å². The zero-order valence-corrected chi connectivity index (χ0v) is 16.5. The van der Waals surface area contributed by atoms with Crippen LogP contribution in [0.4, 0.5) is 5.69 Å². The molecule has 4 rings (SSSR count). The lowest BCUT2D eigenvalue weighted by Crippen LogP contribution is -2.35. The highest BCUT2D eigenvalue weighted by Crippen LogP contribution is 2.41. The van der Waals surface area contributed by atoms with Crippen LogP contribution in [-0.2, 0) is 4.79 Å². The maximum Gasteiger partial charge on any atom is 0.343 e. The number of nitrogens with one attached hydrogen (secondary N) is 1. The summed E-state index contributed by atoms with van der Waals surface area (Å²) in [6, 6.07) is 15.6. The topological polar surface area (TPSA) is 77.8 Å². The number of aryl methyl sites for hydroxylation is 1. The minimum Gasteiger partial charge on any atom is -0.497 e. The van der Waals surface area contributed by atoms with Gasteiger partial charge in [-0.15, -0.1) is 0 Å². The average molecular weight is 412 g/mol. The summed E-state index contributed by atoms with van der Waals surface area (Å²) < 4.78 is 16.4. The van der Waals surface area contributed by atoms with E-state index in [4.69, 9.17) is 25.5 Å². The Balaban J connectivity index is 1.73. The molecule has 29 heavy (non-hydrogen) atoms. The number of hydrogen-bond acceptors (Lipinski definition) is 5. The van der Waals surface area contributed by atoms with E-state index in [0.717, 1.165) is 5.56 Å². The summed E-state index contributed by atoms with van der Waals surface area (Å²) in [5.74, 6) is 0.462. The summed E-state index contributed by atoms with van der Waals surface area (Å²) in [5, 5.41) is 3.39. The molecule has 1 aliphatic rings. The second-order valence-corrected chi connectivity index (χ2v) is 7.14. The number of fused-ring (bicyclic) bond motifs is 1. The predicted octanol–water partition coefficient (Wildman–Crippen LogP) is 4.14. The summed E-state index contributed by atoms with van der Waals surface area (Å²) in [4.78, 5) is 25.6. The average Bonchev–Trinajstić information content (AvgIpc) is 3.09. The van der Waals surface area contributed by atoms with Crippen molar-refractivity contribution in [3.8, 4) is 11.5 Å². The van der Waals surface area contributed by atoms with Crippen LogP contribution in [-0.4, -0.2) is 19.1 Å². The molecule has 7 heteroatoms. The Bertz CT molecular complexity index is 1110. The van der Waals surface area contributed by atoms with Crippen molar-refractivity contribution in [1.82, 2.24) is 0 Å². The summed E-state index contributed by atoms with van der Waals surface area (Å²) in [5.41, 5.74) is 1.15. The molecule has 0 radical (unpaired) electrons. The molecule has 2 aromatic carbocycles. The normalized spacial score (nSPS) is 17.3. The molecule has 6 nitrogen and oxygen atoms in total. The molecule has 3 aromatic rings. The Morgan fingerprint density at radius 1 is 1.10 bits per heavy atom. The van der Waals surface area contributed by atoms with E-state index in [0.29, 0.717) is 33.5 Å². The predicted molar refractivity (Wildman–Crippen MR) is 109 cm³/mol. The smallest absolute Gasteiger partial charge is 0.343 e. The molecule has 0 aliphatic carbocycles. The first kappa shape index (κ1) is 19.1. The highest BCUT2D eigenvalue weighted by atomic mass is 35.5. The van der Waals surface area contributed by atoms with E-state index in [1.807, 2.05) is 12.1 Å². The Morgan fingerprint density at radius 2 is 1.79 bits per heavy atom. The van der Waals surface area contributed by atoms with Crippen molar-refractivity contribution in [2.24, 2.45) is 0 Å². The maximum absolute atomic E-state index is 13.0. The molecule has 1 aromatic heterocycles. The van der Waals surface area contributed by atoms with E-state index < -0.39 is 17.6 Å². The van der Waals surface area contributed by atoms with E-state index in [1.165, 1.54) is 0 Å². The fraction of sp³-hybridized carbons (Fsp3) is 0.182. The number of anilines is 1. The lowest BCUT2D eigenvalue weighted by molar-refractivity contribution is -0.122. The van der Waals surface area contributed by atoms with Crippen LogP contribution in [0, 0.1) is 6.92 Å². The molecular formula is C22H18ClNO5. The van der Waals surface area contributed by atoms with Gasteiger partial charge in [-0.25, -0.2) is 4.79 Å². The van der Waals surface area contributed by atoms with E-state index >= 15 is 0 Å². The van der Waals surface area contributed by atoms with Gasteiger partial charge in [-0.3, -0.25) is 4.79 Å². The molecule has 0 spiro atoms. The van der Waals surface area contributed by atoms with Crippen LogP contribution >= 0.6 is 11.6 Å². The van der Waals surface area contributed by atoms with Crippen molar-refractivity contribution in [3.05, 3.63) is 86.9 Å². The van der Waals surface area contributed by atoms with E-state index in [2.05, 4.69) is 5.32 Å². The van der Waals surface area contributed by atoms with Gasteiger partial charge in [-0.1, -0.05) is 23.7 Å². The van der Waals surface area contributed by atoms with Gasteiger partial charge in [0, 0.05) is 16.8 Å². The Labute approximate surface area is 172 Å². The van der Waals surface area contributed by atoms with Crippen molar-refractivity contribution in [3.63, 3.8) is 0 Å².